The summed E-state index contributed by atoms with van der Waals surface area (Å²) in [6.45, 7) is 5.07. The van der Waals surface area contributed by atoms with E-state index >= 15 is 0 Å². The number of benzene rings is 1. The van der Waals surface area contributed by atoms with Crippen LogP contribution >= 0.6 is 15.9 Å². The van der Waals surface area contributed by atoms with Gasteiger partial charge >= 0.3 is 0 Å². The molecule has 1 rings (SSSR count). The molecule has 0 saturated carbocycles. The Labute approximate surface area is 111 Å². The minimum atomic E-state index is -0.202. The van der Waals surface area contributed by atoms with Gasteiger partial charge in [-0.15, -0.1) is 0 Å². The van der Waals surface area contributed by atoms with Crippen molar-refractivity contribution in [2.24, 2.45) is 5.92 Å². The van der Waals surface area contributed by atoms with E-state index in [-0.39, 0.29) is 5.82 Å². The van der Waals surface area contributed by atoms with Crippen molar-refractivity contribution in [3.05, 3.63) is 34.1 Å². The number of hydrogen-bond acceptors (Lipinski definition) is 2. The fourth-order valence-electron chi connectivity index (χ4n) is 1.95. The molecule has 17 heavy (non-hydrogen) atoms. The molecule has 0 bridgehead atoms. The molecule has 0 saturated heterocycles. The second kappa shape index (κ2) is 7.09. The van der Waals surface area contributed by atoms with Crippen LogP contribution in [0.1, 0.15) is 12.5 Å². The molecule has 0 fully saturated rings. The van der Waals surface area contributed by atoms with Crippen LogP contribution in [0, 0.1) is 11.7 Å². The smallest absolute Gasteiger partial charge is 0.124 e. The lowest BCUT2D eigenvalue weighted by Crippen LogP contribution is -2.29. The number of hydrogen-bond donors (Lipinski definition) is 1. The van der Waals surface area contributed by atoms with Crippen LogP contribution in [0.25, 0.3) is 0 Å². The van der Waals surface area contributed by atoms with Crippen molar-refractivity contribution in [1.82, 2.24) is 10.2 Å². The molecular weight excluding hydrogens is 283 g/mol. The minimum absolute atomic E-state index is 0.202. The Balaban J connectivity index is 2.52. The first kappa shape index (κ1) is 14.6. The van der Waals surface area contributed by atoms with Crippen LogP contribution in [-0.2, 0) is 6.54 Å². The largest absolute Gasteiger partial charge is 0.319 e. The Morgan fingerprint density at radius 3 is 2.76 bits per heavy atom. The van der Waals surface area contributed by atoms with Gasteiger partial charge in [-0.3, -0.25) is 0 Å². The summed E-state index contributed by atoms with van der Waals surface area (Å²) in [5, 5.41) is 3.17. The molecule has 0 aliphatic carbocycles. The van der Waals surface area contributed by atoms with E-state index < -0.39 is 0 Å². The predicted molar refractivity (Wildman–Crippen MR) is 73.5 cm³/mol. The highest BCUT2D eigenvalue weighted by Gasteiger charge is 2.08. The zero-order valence-corrected chi connectivity index (χ0v) is 12.2. The molecule has 2 nitrogen and oxygen atoms in total. The maximum absolute atomic E-state index is 12.9. The Morgan fingerprint density at radius 2 is 2.18 bits per heavy atom. The van der Waals surface area contributed by atoms with E-state index in [0.29, 0.717) is 5.92 Å². The SMILES string of the molecule is CNCC(C)CN(C)Cc1ccc(F)cc1Br. The highest BCUT2D eigenvalue weighted by molar-refractivity contribution is 9.10. The summed E-state index contributed by atoms with van der Waals surface area (Å²) < 4.78 is 13.8. The summed E-state index contributed by atoms with van der Waals surface area (Å²) in [6.07, 6.45) is 0. The molecule has 1 N–H and O–H groups in total. The normalized spacial score (nSPS) is 13.1. The third kappa shape index (κ3) is 5.15. The van der Waals surface area contributed by atoms with Gasteiger partial charge in [0.25, 0.3) is 0 Å². The molecule has 0 radical (unpaired) electrons. The predicted octanol–water partition coefficient (Wildman–Crippen LogP) is 2.88. The third-order valence-electron chi connectivity index (χ3n) is 2.63. The van der Waals surface area contributed by atoms with Crippen molar-refractivity contribution in [2.75, 3.05) is 27.2 Å². The monoisotopic (exact) mass is 302 g/mol. The first-order valence-corrected chi connectivity index (χ1v) is 6.59. The summed E-state index contributed by atoms with van der Waals surface area (Å²) in [6, 6.07) is 4.85. The summed E-state index contributed by atoms with van der Waals surface area (Å²) in [7, 11) is 4.05. The van der Waals surface area contributed by atoms with Gasteiger partial charge in [-0.2, -0.15) is 0 Å². The highest BCUT2D eigenvalue weighted by Crippen LogP contribution is 2.19. The highest BCUT2D eigenvalue weighted by atomic mass is 79.9. The van der Waals surface area contributed by atoms with Gasteiger partial charge in [0.15, 0.2) is 0 Å². The Morgan fingerprint density at radius 1 is 1.47 bits per heavy atom. The maximum atomic E-state index is 12.9. The van der Waals surface area contributed by atoms with Crippen molar-refractivity contribution in [2.45, 2.75) is 13.5 Å². The van der Waals surface area contributed by atoms with Crippen LogP contribution in [0.15, 0.2) is 22.7 Å². The zero-order valence-electron chi connectivity index (χ0n) is 10.6. The average molecular weight is 303 g/mol. The van der Waals surface area contributed by atoms with E-state index in [9.17, 15) is 4.39 Å². The summed E-state index contributed by atoms with van der Waals surface area (Å²) in [5.41, 5.74) is 1.12. The van der Waals surface area contributed by atoms with E-state index in [4.69, 9.17) is 0 Å². The molecule has 0 heterocycles. The molecule has 0 aromatic heterocycles. The second-order valence-corrected chi connectivity index (χ2v) is 5.45. The minimum Gasteiger partial charge on any atom is -0.319 e. The molecule has 1 aromatic rings. The molecule has 96 valence electrons. The van der Waals surface area contributed by atoms with Gasteiger partial charge < -0.3 is 10.2 Å². The van der Waals surface area contributed by atoms with Crippen LogP contribution in [0.3, 0.4) is 0 Å². The molecule has 1 aromatic carbocycles. The van der Waals surface area contributed by atoms with Crippen molar-refractivity contribution in [3.8, 4) is 0 Å². The number of nitrogens with zero attached hydrogens (tertiary/aromatic N) is 1. The average Bonchev–Trinajstić information content (AvgIpc) is 2.22. The summed E-state index contributed by atoms with van der Waals surface area (Å²) in [4.78, 5) is 2.25. The van der Waals surface area contributed by atoms with Gasteiger partial charge in [0.05, 0.1) is 0 Å². The van der Waals surface area contributed by atoms with Crippen molar-refractivity contribution in [3.63, 3.8) is 0 Å². The molecule has 1 atom stereocenters. The van der Waals surface area contributed by atoms with Crippen LogP contribution in [0.2, 0.25) is 0 Å². The Kier molecular flexibility index (Phi) is 6.09. The quantitative estimate of drug-likeness (QED) is 0.869. The van der Waals surface area contributed by atoms with Crippen LogP contribution in [-0.4, -0.2) is 32.1 Å². The van der Waals surface area contributed by atoms with E-state index in [2.05, 4.69) is 40.1 Å². The second-order valence-electron chi connectivity index (χ2n) is 4.60. The fourth-order valence-corrected chi connectivity index (χ4v) is 2.43. The van der Waals surface area contributed by atoms with Gasteiger partial charge in [-0.25, -0.2) is 4.39 Å². The van der Waals surface area contributed by atoms with Crippen molar-refractivity contribution < 1.29 is 4.39 Å². The standard InChI is InChI=1S/C13H20BrFN2/c1-10(7-16-2)8-17(3)9-11-4-5-12(15)6-13(11)14/h4-6,10,16H,7-9H2,1-3H3. The molecule has 0 amide bonds. The molecular formula is C13H20BrFN2. The molecule has 0 aliphatic rings. The van der Waals surface area contributed by atoms with Gasteiger partial charge in [0, 0.05) is 17.6 Å². The summed E-state index contributed by atoms with van der Waals surface area (Å²) >= 11 is 3.39. The lowest BCUT2D eigenvalue weighted by Gasteiger charge is -2.21. The van der Waals surface area contributed by atoms with E-state index in [1.54, 1.807) is 0 Å². The Hall–Kier alpha value is -0.450. The van der Waals surface area contributed by atoms with E-state index in [0.717, 1.165) is 29.7 Å². The maximum Gasteiger partial charge on any atom is 0.124 e. The Bertz CT molecular complexity index is 357. The fraction of sp³-hybridized carbons (Fsp3) is 0.538. The first-order valence-electron chi connectivity index (χ1n) is 5.80. The van der Waals surface area contributed by atoms with Gasteiger partial charge in [-0.1, -0.05) is 28.9 Å². The van der Waals surface area contributed by atoms with Crippen molar-refractivity contribution >= 4 is 15.9 Å². The summed E-state index contributed by atoms with van der Waals surface area (Å²) in [5.74, 6) is 0.399. The van der Waals surface area contributed by atoms with E-state index in [1.165, 1.54) is 12.1 Å². The molecule has 0 aliphatic heterocycles. The van der Waals surface area contributed by atoms with Gasteiger partial charge in [-0.05, 0) is 44.3 Å². The first-order chi connectivity index (χ1) is 8.02. The molecule has 1 unspecified atom stereocenters. The number of nitrogens with one attached hydrogen (secondary N) is 1. The number of rotatable bonds is 6. The van der Waals surface area contributed by atoms with Crippen molar-refractivity contribution in [1.29, 1.82) is 0 Å². The lowest BCUT2D eigenvalue weighted by atomic mass is 10.1. The topological polar surface area (TPSA) is 15.3 Å². The molecule has 0 spiro atoms. The molecule has 4 heteroatoms. The zero-order chi connectivity index (χ0) is 12.8. The van der Waals surface area contributed by atoms with Crippen LogP contribution in [0.4, 0.5) is 4.39 Å². The van der Waals surface area contributed by atoms with E-state index in [1.807, 2.05) is 13.1 Å². The lowest BCUT2D eigenvalue weighted by molar-refractivity contribution is 0.276. The third-order valence-corrected chi connectivity index (χ3v) is 3.37. The van der Waals surface area contributed by atoms with Crippen LogP contribution < -0.4 is 5.32 Å². The number of halogens is 2. The van der Waals surface area contributed by atoms with Gasteiger partial charge in [0.2, 0.25) is 0 Å². The van der Waals surface area contributed by atoms with Gasteiger partial charge in [0.1, 0.15) is 5.82 Å². The van der Waals surface area contributed by atoms with Crippen LogP contribution in [0.5, 0.6) is 0 Å².